The van der Waals surface area contributed by atoms with Gasteiger partial charge >= 0.3 is 0 Å². The van der Waals surface area contributed by atoms with Crippen molar-refractivity contribution in [1.82, 2.24) is 4.90 Å². The highest BCUT2D eigenvalue weighted by molar-refractivity contribution is 5.79. The number of carbonyl (C=O) groups is 2. The lowest BCUT2D eigenvalue weighted by Gasteiger charge is -2.19. The topological polar surface area (TPSA) is 57.6 Å². The molecule has 1 saturated heterocycles. The number of carboxylic acid groups (broad SMARTS) is 1. The minimum Gasteiger partial charge on any atom is -0.481 e. The predicted octanol–water partition coefficient (Wildman–Crippen LogP) is 0.372. The number of nitrogens with zero attached hydrogens (tertiary/aromatic N) is 1. The highest BCUT2D eigenvalue weighted by atomic mass is 16.4. The third-order valence-corrected chi connectivity index (χ3v) is 1.54. The average Bonchev–Trinajstić information content (AvgIpc) is 1.94. The van der Waals surface area contributed by atoms with Crippen LogP contribution < -0.4 is 0 Å². The minimum absolute atomic E-state index is 0.420. The summed E-state index contributed by atoms with van der Waals surface area (Å²) in [5.74, 6) is -0.414. The number of rotatable bonds is 0. The lowest BCUT2D eigenvalue weighted by molar-refractivity contribution is -0.134. The fourth-order valence-electron chi connectivity index (χ4n) is 0.868. The molecule has 1 N–H and O–H groups in total. The van der Waals surface area contributed by atoms with Crippen LogP contribution in [0.2, 0.25) is 0 Å². The van der Waals surface area contributed by atoms with E-state index in [1.807, 2.05) is 7.05 Å². The Morgan fingerprint density at radius 1 is 1.42 bits per heavy atom. The van der Waals surface area contributed by atoms with Crippen molar-refractivity contribution in [3.63, 3.8) is 0 Å². The van der Waals surface area contributed by atoms with Gasteiger partial charge in [-0.15, -0.1) is 0 Å². The third-order valence-electron chi connectivity index (χ3n) is 1.54. The van der Waals surface area contributed by atoms with E-state index in [1.54, 1.807) is 0 Å². The molecule has 0 aromatic heterocycles. The Morgan fingerprint density at radius 3 is 2.00 bits per heavy atom. The van der Waals surface area contributed by atoms with Crippen LogP contribution in [-0.2, 0) is 9.59 Å². The number of Topliss-reactive ketones (excluding diaryl/α,β-unsaturated/α-hetero) is 1. The largest absolute Gasteiger partial charge is 0.481 e. The smallest absolute Gasteiger partial charge is 0.300 e. The number of likely N-dealkylation sites (tertiary alicyclic amines) is 1. The molecule has 0 amide bonds. The van der Waals surface area contributed by atoms with Crippen molar-refractivity contribution in [1.29, 1.82) is 0 Å². The first kappa shape index (κ1) is 11.1. The number of piperidine rings is 1. The van der Waals surface area contributed by atoms with Crippen LogP contribution >= 0.6 is 0 Å². The van der Waals surface area contributed by atoms with Gasteiger partial charge in [-0.2, -0.15) is 0 Å². The molecule has 0 unspecified atom stereocenters. The molecule has 4 nitrogen and oxygen atoms in total. The second-order valence-electron chi connectivity index (χ2n) is 2.86. The molecule has 0 aliphatic carbocycles. The molecule has 1 aliphatic heterocycles. The van der Waals surface area contributed by atoms with Crippen molar-refractivity contribution in [3.8, 4) is 0 Å². The highest BCUT2D eigenvalue weighted by Crippen LogP contribution is 2.01. The number of ketones is 1. The second-order valence-corrected chi connectivity index (χ2v) is 2.86. The van der Waals surface area contributed by atoms with Crippen LogP contribution in [0.1, 0.15) is 19.8 Å². The summed E-state index contributed by atoms with van der Waals surface area (Å²) >= 11 is 0. The number of hydrogen-bond donors (Lipinski definition) is 1. The van der Waals surface area contributed by atoms with Gasteiger partial charge in [0.15, 0.2) is 0 Å². The molecule has 70 valence electrons. The molecule has 0 aromatic carbocycles. The molecule has 1 heterocycles. The van der Waals surface area contributed by atoms with Crippen LogP contribution in [0.4, 0.5) is 0 Å². The molecule has 4 heteroatoms. The second kappa shape index (κ2) is 5.71. The van der Waals surface area contributed by atoms with E-state index in [9.17, 15) is 4.79 Å². The van der Waals surface area contributed by atoms with Gasteiger partial charge in [-0.3, -0.25) is 9.59 Å². The van der Waals surface area contributed by atoms with Crippen LogP contribution in [-0.4, -0.2) is 41.9 Å². The van der Waals surface area contributed by atoms with Crippen molar-refractivity contribution in [2.24, 2.45) is 0 Å². The van der Waals surface area contributed by atoms with E-state index < -0.39 is 5.97 Å². The van der Waals surface area contributed by atoms with Gasteiger partial charge in [-0.05, 0) is 7.05 Å². The number of carbonyl (C=O) groups excluding carboxylic acids is 1. The summed E-state index contributed by atoms with van der Waals surface area (Å²) < 4.78 is 0. The Kier molecular flexibility index (Phi) is 5.28. The van der Waals surface area contributed by atoms with Gasteiger partial charge in [0, 0.05) is 32.9 Å². The van der Waals surface area contributed by atoms with E-state index in [2.05, 4.69) is 4.90 Å². The van der Waals surface area contributed by atoms with Crippen molar-refractivity contribution in [2.45, 2.75) is 19.8 Å². The number of aliphatic carboxylic acids is 1. The average molecular weight is 173 g/mol. The summed E-state index contributed by atoms with van der Waals surface area (Å²) in [7, 11) is 2.05. The monoisotopic (exact) mass is 173 g/mol. The summed E-state index contributed by atoms with van der Waals surface area (Å²) in [5, 5.41) is 7.42. The standard InChI is InChI=1S/C6H11NO.C2H4O2/c1-7-4-2-6(8)3-5-7;1-2(3)4/h2-5H2,1H3;1H3,(H,3,4). The molecule has 1 fully saturated rings. The fraction of sp³-hybridized carbons (Fsp3) is 0.750. The predicted molar refractivity (Wildman–Crippen MR) is 45.0 cm³/mol. The summed E-state index contributed by atoms with van der Waals surface area (Å²) in [4.78, 5) is 21.8. The molecule has 12 heavy (non-hydrogen) atoms. The summed E-state index contributed by atoms with van der Waals surface area (Å²) in [6, 6.07) is 0. The number of carboxylic acids is 1. The van der Waals surface area contributed by atoms with E-state index in [-0.39, 0.29) is 0 Å². The quantitative estimate of drug-likeness (QED) is 0.575. The molecule has 0 radical (unpaired) electrons. The van der Waals surface area contributed by atoms with Gasteiger partial charge in [0.2, 0.25) is 0 Å². The van der Waals surface area contributed by atoms with Crippen molar-refractivity contribution in [2.75, 3.05) is 20.1 Å². The van der Waals surface area contributed by atoms with Gasteiger partial charge in [0.05, 0.1) is 0 Å². The zero-order valence-electron chi connectivity index (χ0n) is 7.54. The van der Waals surface area contributed by atoms with Gasteiger partial charge < -0.3 is 10.0 Å². The Balaban J connectivity index is 0.000000261. The van der Waals surface area contributed by atoms with Crippen LogP contribution in [0, 0.1) is 0 Å². The SMILES string of the molecule is CC(=O)O.CN1CCC(=O)CC1. The molecule has 0 atom stereocenters. The Morgan fingerprint density at radius 2 is 1.75 bits per heavy atom. The molecule has 0 saturated carbocycles. The molecule has 1 aliphatic rings. The Bertz CT molecular complexity index is 154. The first-order valence-corrected chi connectivity index (χ1v) is 3.92. The summed E-state index contributed by atoms with van der Waals surface area (Å²) in [6.45, 7) is 3.00. The lowest BCUT2D eigenvalue weighted by Crippen LogP contribution is -2.29. The fourth-order valence-corrected chi connectivity index (χ4v) is 0.868. The van der Waals surface area contributed by atoms with Crippen LogP contribution in [0.5, 0.6) is 0 Å². The van der Waals surface area contributed by atoms with E-state index in [0.717, 1.165) is 32.9 Å². The Hall–Kier alpha value is -0.900. The maximum atomic E-state index is 10.6. The van der Waals surface area contributed by atoms with E-state index >= 15 is 0 Å². The van der Waals surface area contributed by atoms with Gasteiger partial charge in [0.1, 0.15) is 5.78 Å². The Labute approximate surface area is 72.2 Å². The van der Waals surface area contributed by atoms with E-state index in [1.165, 1.54) is 0 Å². The zero-order chi connectivity index (χ0) is 9.56. The van der Waals surface area contributed by atoms with Crippen LogP contribution in [0.3, 0.4) is 0 Å². The van der Waals surface area contributed by atoms with Gasteiger partial charge in [0.25, 0.3) is 5.97 Å². The zero-order valence-corrected chi connectivity index (χ0v) is 7.54. The maximum absolute atomic E-state index is 10.6. The van der Waals surface area contributed by atoms with Crippen LogP contribution in [0.25, 0.3) is 0 Å². The maximum Gasteiger partial charge on any atom is 0.300 e. The van der Waals surface area contributed by atoms with Gasteiger partial charge in [-0.25, -0.2) is 0 Å². The summed E-state index contributed by atoms with van der Waals surface area (Å²) in [5.41, 5.74) is 0. The molecule has 1 rings (SSSR count). The normalized spacial score (nSPS) is 18.0. The minimum atomic E-state index is -0.833. The molecule has 0 bridgehead atoms. The first-order chi connectivity index (χ1) is 5.52. The van der Waals surface area contributed by atoms with Gasteiger partial charge in [-0.1, -0.05) is 0 Å². The number of hydrogen-bond acceptors (Lipinski definition) is 3. The highest BCUT2D eigenvalue weighted by Gasteiger charge is 2.10. The lowest BCUT2D eigenvalue weighted by atomic mass is 10.1. The molecule has 0 spiro atoms. The van der Waals surface area contributed by atoms with E-state index in [4.69, 9.17) is 9.90 Å². The van der Waals surface area contributed by atoms with E-state index in [0.29, 0.717) is 5.78 Å². The third kappa shape index (κ3) is 7.21. The van der Waals surface area contributed by atoms with Crippen molar-refractivity contribution < 1.29 is 14.7 Å². The molecular weight excluding hydrogens is 158 g/mol. The van der Waals surface area contributed by atoms with Crippen LogP contribution in [0.15, 0.2) is 0 Å². The molecule has 0 aromatic rings. The molecular formula is C8H15NO3. The summed E-state index contributed by atoms with van der Waals surface area (Å²) in [6.07, 6.45) is 1.52. The first-order valence-electron chi connectivity index (χ1n) is 3.92. The van der Waals surface area contributed by atoms with Crippen molar-refractivity contribution in [3.05, 3.63) is 0 Å². The van der Waals surface area contributed by atoms with Crippen molar-refractivity contribution >= 4 is 11.8 Å².